The largest absolute Gasteiger partial charge is 0.355 e. The van der Waals surface area contributed by atoms with E-state index in [-0.39, 0.29) is 17.9 Å². The van der Waals surface area contributed by atoms with Crippen LogP contribution in [0.25, 0.3) is 0 Å². The summed E-state index contributed by atoms with van der Waals surface area (Å²) in [4.78, 5) is 37.8. The van der Waals surface area contributed by atoms with Gasteiger partial charge in [0, 0.05) is 30.8 Å². The predicted octanol–water partition coefficient (Wildman–Crippen LogP) is 3.14. The Morgan fingerprint density at radius 1 is 1.19 bits per heavy atom. The molecule has 31 heavy (non-hydrogen) atoms. The van der Waals surface area contributed by atoms with Crippen molar-refractivity contribution < 1.29 is 14.0 Å². The van der Waals surface area contributed by atoms with Crippen LogP contribution in [-0.4, -0.2) is 36.4 Å². The van der Waals surface area contributed by atoms with Crippen molar-refractivity contribution in [3.63, 3.8) is 0 Å². The van der Waals surface area contributed by atoms with E-state index in [0.717, 1.165) is 38.3 Å². The normalized spacial score (nSPS) is 14.4. The van der Waals surface area contributed by atoms with E-state index in [1.54, 1.807) is 18.2 Å². The van der Waals surface area contributed by atoms with E-state index in [0.29, 0.717) is 17.5 Å². The summed E-state index contributed by atoms with van der Waals surface area (Å²) in [6, 6.07) is 7.50. The van der Waals surface area contributed by atoms with Crippen molar-refractivity contribution in [2.45, 2.75) is 45.1 Å². The zero-order valence-electron chi connectivity index (χ0n) is 18.0. The summed E-state index contributed by atoms with van der Waals surface area (Å²) in [7, 11) is 1.43. The molecule has 0 radical (unpaired) electrons. The Labute approximate surface area is 181 Å². The second kappa shape index (κ2) is 11.0. The first kappa shape index (κ1) is 22.9. The minimum atomic E-state index is -0.562. The number of amides is 1. The van der Waals surface area contributed by atoms with Gasteiger partial charge in [-0.2, -0.15) is 0 Å². The van der Waals surface area contributed by atoms with E-state index < -0.39 is 17.3 Å². The molecule has 1 aliphatic rings. The van der Waals surface area contributed by atoms with E-state index in [2.05, 4.69) is 10.6 Å². The first-order chi connectivity index (χ1) is 15.0. The number of rotatable bonds is 9. The number of benzene rings is 1. The lowest BCUT2D eigenvalue weighted by Gasteiger charge is -2.22. The zero-order valence-corrected chi connectivity index (χ0v) is 18.0. The average molecular weight is 428 g/mol. The number of carbonyl (C=O) groups excluding carboxylic acids is 2. The Kier molecular flexibility index (Phi) is 8.12. The summed E-state index contributed by atoms with van der Waals surface area (Å²) in [5, 5.41) is 5.79. The Morgan fingerprint density at radius 3 is 2.65 bits per heavy atom. The van der Waals surface area contributed by atoms with Gasteiger partial charge in [-0.3, -0.25) is 14.4 Å². The quantitative estimate of drug-likeness (QED) is 0.476. The van der Waals surface area contributed by atoms with Crippen molar-refractivity contribution in [1.82, 2.24) is 15.2 Å². The molecule has 3 rings (SSSR count). The van der Waals surface area contributed by atoms with E-state index in [9.17, 15) is 18.8 Å². The molecule has 0 spiro atoms. The Hall–Kier alpha value is -2.80. The fourth-order valence-corrected chi connectivity index (χ4v) is 4.05. The number of unbranched alkanes of at least 4 members (excludes halogenated alkanes) is 1. The van der Waals surface area contributed by atoms with Crippen molar-refractivity contribution in [3.05, 3.63) is 69.4 Å². The lowest BCUT2D eigenvalue weighted by atomic mass is 9.92. The van der Waals surface area contributed by atoms with Crippen LogP contribution in [0, 0.1) is 11.7 Å². The highest BCUT2D eigenvalue weighted by atomic mass is 19.1. The number of ketones is 1. The SMILES string of the molecule is CNC(=O)c1cc(C(=O)CCCCC2CCNCC2)cn(Cc2ccccc2F)c1=O. The number of pyridine rings is 1. The molecule has 1 aromatic heterocycles. The van der Waals surface area contributed by atoms with Crippen LogP contribution in [0.4, 0.5) is 4.39 Å². The molecule has 6 nitrogen and oxygen atoms in total. The van der Waals surface area contributed by atoms with Gasteiger partial charge in [0.1, 0.15) is 11.4 Å². The Balaban J connectivity index is 1.73. The van der Waals surface area contributed by atoms with Gasteiger partial charge in [-0.15, -0.1) is 0 Å². The molecule has 1 fully saturated rings. The van der Waals surface area contributed by atoms with Gasteiger partial charge in [0.25, 0.3) is 11.5 Å². The molecule has 1 saturated heterocycles. The maximum absolute atomic E-state index is 14.1. The van der Waals surface area contributed by atoms with Crippen molar-refractivity contribution in [2.24, 2.45) is 5.92 Å². The van der Waals surface area contributed by atoms with Crippen molar-refractivity contribution in [2.75, 3.05) is 20.1 Å². The third-order valence-electron chi connectivity index (χ3n) is 5.90. The van der Waals surface area contributed by atoms with Crippen LogP contribution in [-0.2, 0) is 6.54 Å². The molecule has 0 unspecified atom stereocenters. The summed E-state index contributed by atoms with van der Waals surface area (Å²) in [5.74, 6) is -0.394. The number of carbonyl (C=O) groups is 2. The molecule has 7 heteroatoms. The van der Waals surface area contributed by atoms with Gasteiger partial charge in [0.2, 0.25) is 0 Å². The smallest absolute Gasteiger partial charge is 0.263 e. The fourth-order valence-electron chi connectivity index (χ4n) is 4.05. The summed E-state index contributed by atoms with van der Waals surface area (Å²) >= 11 is 0. The van der Waals surface area contributed by atoms with Gasteiger partial charge in [-0.25, -0.2) is 4.39 Å². The van der Waals surface area contributed by atoms with Gasteiger partial charge in [-0.1, -0.05) is 31.0 Å². The van der Waals surface area contributed by atoms with Crippen LogP contribution in [0.5, 0.6) is 0 Å². The molecule has 0 atom stereocenters. The number of hydrogen-bond acceptors (Lipinski definition) is 4. The topological polar surface area (TPSA) is 80.2 Å². The molecule has 1 amide bonds. The number of nitrogens with zero attached hydrogens (tertiary/aromatic N) is 1. The van der Waals surface area contributed by atoms with Crippen LogP contribution in [0.3, 0.4) is 0 Å². The zero-order chi connectivity index (χ0) is 22.2. The first-order valence-corrected chi connectivity index (χ1v) is 10.9. The first-order valence-electron chi connectivity index (χ1n) is 10.9. The molecule has 2 N–H and O–H groups in total. The molecular weight excluding hydrogens is 397 g/mol. The molecule has 0 saturated carbocycles. The van der Waals surface area contributed by atoms with E-state index >= 15 is 0 Å². The standard InChI is InChI=1S/C24H30FN3O3/c1-26-23(30)20-14-19(22(29)9-5-2-6-17-10-12-27-13-11-17)16-28(24(20)31)15-18-7-3-4-8-21(18)25/h3-4,7-8,14,16-17,27H,2,5-6,9-13,15H2,1H3,(H,26,30). The third kappa shape index (κ3) is 6.10. The van der Waals surface area contributed by atoms with Crippen molar-refractivity contribution >= 4 is 11.7 Å². The highest BCUT2D eigenvalue weighted by Crippen LogP contribution is 2.20. The van der Waals surface area contributed by atoms with Crippen LogP contribution in [0.1, 0.15) is 64.8 Å². The van der Waals surface area contributed by atoms with E-state index in [1.807, 2.05) is 0 Å². The Morgan fingerprint density at radius 2 is 1.94 bits per heavy atom. The van der Waals surface area contributed by atoms with Gasteiger partial charge < -0.3 is 15.2 Å². The number of nitrogens with one attached hydrogen (secondary N) is 2. The average Bonchev–Trinajstić information content (AvgIpc) is 2.79. The molecule has 0 bridgehead atoms. The van der Waals surface area contributed by atoms with Gasteiger partial charge in [0.15, 0.2) is 5.78 Å². The summed E-state index contributed by atoms with van der Waals surface area (Å²) < 4.78 is 15.3. The lowest BCUT2D eigenvalue weighted by molar-refractivity contribution is 0.0961. The maximum atomic E-state index is 14.1. The van der Waals surface area contributed by atoms with Gasteiger partial charge in [0.05, 0.1) is 6.54 Å². The summed E-state index contributed by atoms with van der Waals surface area (Å²) in [6.07, 6.45) is 7.03. The molecule has 1 aromatic carbocycles. The van der Waals surface area contributed by atoms with Crippen molar-refractivity contribution in [1.29, 1.82) is 0 Å². The number of aromatic nitrogens is 1. The fraction of sp³-hybridized carbons (Fsp3) is 0.458. The molecular formula is C24H30FN3O3. The number of halogens is 1. The van der Waals surface area contributed by atoms with E-state index in [4.69, 9.17) is 0 Å². The maximum Gasteiger partial charge on any atom is 0.263 e. The number of hydrogen-bond donors (Lipinski definition) is 2. The molecule has 2 heterocycles. The van der Waals surface area contributed by atoms with Crippen LogP contribution in [0.2, 0.25) is 0 Å². The monoisotopic (exact) mass is 427 g/mol. The highest BCUT2D eigenvalue weighted by molar-refractivity contribution is 6.00. The van der Waals surface area contributed by atoms with Gasteiger partial charge >= 0.3 is 0 Å². The summed E-state index contributed by atoms with van der Waals surface area (Å²) in [6.45, 7) is 2.08. The van der Waals surface area contributed by atoms with Crippen molar-refractivity contribution in [3.8, 4) is 0 Å². The lowest BCUT2D eigenvalue weighted by Crippen LogP contribution is -2.32. The molecule has 1 aliphatic heterocycles. The second-order valence-corrected chi connectivity index (χ2v) is 8.11. The molecule has 0 aliphatic carbocycles. The number of Topliss-reactive ketones (excluding diaryl/α,β-unsaturated/α-hetero) is 1. The molecule has 2 aromatic rings. The predicted molar refractivity (Wildman–Crippen MR) is 118 cm³/mol. The number of piperidine rings is 1. The van der Waals surface area contributed by atoms with Crippen LogP contribution < -0.4 is 16.2 Å². The minimum Gasteiger partial charge on any atom is -0.355 e. The second-order valence-electron chi connectivity index (χ2n) is 8.11. The van der Waals surface area contributed by atoms with Gasteiger partial charge in [-0.05, 0) is 50.4 Å². The third-order valence-corrected chi connectivity index (χ3v) is 5.90. The van der Waals surface area contributed by atoms with E-state index in [1.165, 1.54) is 42.8 Å². The minimum absolute atomic E-state index is 0.0493. The van der Waals surface area contributed by atoms with Crippen LogP contribution >= 0.6 is 0 Å². The summed E-state index contributed by atoms with van der Waals surface area (Å²) in [5.41, 5.74) is -0.0418. The highest BCUT2D eigenvalue weighted by Gasteiger charge is 2.18. The Bertz CT molecular complexity index is 980. The molecule has 166 valence electrons. The van der Waals surface area contributed by atoms with Crippen LogP contribution in [0.15, 0.2) is 41.3 Å².